The third kappa shape index (κ3) is 6.93. The lowest BCUT2D eigenvalue weighted by molar-refractivity contribution is -0.137. The Bertz CT molecular complexity index is 1670. The van der Waals surface area contributed by atoms with Gasteiger partial charge >= 0.3 is 6.18 Å². The second-order valence-corrected chi connectivity index (χ2v) is 10.8. The number of carbonyl (C=O) groups excluding carboxylic acids is 2. The van der Waals surface area contributed by atoms with Gasteiger partial charge < -0.3 is 5.32 Å². The summed E-state index contributed by atoms with van der Waals surface area (Å²) in [6, 6.07) is 16.6. The Labute approximate surface area is 231 Å². The van der Waals surface area contributed by atoms with Crippen molar-refractivity contribution >= 4 is 50.1 Å². The van der Waals surface area contributed by atoms with Crippen molar-refractivity contribution in [2.75, 3.05) is 17.1 Å². The molecule has 0 bridgehead atoms. The maximum absolute atomic E-state index is 13.4. The van der Waals surface area contributed by atoms with Crippen LogP contribution in [0, 0.1) is 0 Å². The number of alkyl halides is 3. The summed E-state index contributed by atoms with van der Waals surface area (Å²) in [5, 5.41) is 6.81. The SMILES string of the molecule is CNC(=O)/C=C/c1ccc(S(=O)(=O)Nc2cc(C(F)(F)F)ccc2C(=O)Nc2nc(-c3ccccc3)cs2)cc1. The first-order valence-electron chi connectivity index (χ1n) is 11.5. The minimum atomic E-state index is -4.78. The highest BCUT2D eigenvalue weighted by Gasteiger charge is 2.32. The first-order valence-corrected chi connectivity index (χ1v) is 13.9. The van der Waals surface area contributed by atoms with Crippen molar-refractivity contribution in [3.8, 4) is 11.3 Å². The third-order valence-electron chi connectivity index (χ3n) is 5.49. The number of benzene rings is 3. The van der Waals surface area contributed by atoms with E-state index in [0.717, 1.165) is 23.0 Å². The monoisotopic (exact) mass is 586 g/mol. The maximum Gasteiger partial charge on any atom is 0.416 e. The average molecular weight is 587 g/mol. The van der Waals surface area contributed by atoms with Gasteiger partial charge in [-0.2, -0.15) is 13.2 Å². The maximum atomic E-state index is 13.4. The van der Waals surface area contributed by atoms with Gasteiger partial charge in [-0.05, 0) is 42.0 Å². The van der Waals surface area contributed by atoms with Gasteiger partial charge in [0.2, 0.25) is 5.91 Å². The number of hydrogen-bond donors (Lipinski definition) is 3. The van der Waals surface area contributed by atoms with Crippen molar-refractivity contribution < 1.29 is 31.2 Å². The molecule has 4 rings (SSSR count). The molecule has 0 saturated carbocycles. The summed E-state index contributed by atoms with van der Waals surface area (Å²) in [6.07, 6.45) is -2.08. The Balaban J connectivity index is 1.61. The molecule has 40 heavy (non-hydrogen) atoms. The van der Waals surface area contributed by atoms with E-state index < -0.39 is 33.4 Å². The van der Waals surface area contributed by atoms with E-state index in [1.54, 1.807) is 5.38 Å². The number of hydrogen-bond acceptors (Lipinski definition) is 6. The molecule has 0 unspecified atom stereocenters. The van der Waals surface area contributed by atoms with Crippen molar-refractivity contribution in [3.63, 3.8) is 0 Å². The average Bonchev–Trinajstić information content (AvgIpc) is 3.40. The molecular weight excluding hydrogens is 565 g/mol. The lowest BCUT2D eigenvalue weighted by Gasteiger charge is -2.15. The van der Waals surface area contributed by atoms with Crippen LogP contribution < -0.4 is 15.4 Å². The number of anilines is 2. The molecule has 4 aromatic rings. The van der Waals surface area contributed by atoms with Crippen LogP contribution in [-0.4, -0.2) is 32.3 Å². The number of carbonyl (C=O) groups is 2. The van der Waals surface area contributed by atoms with Crippen LogP contribution >= 0.6 is 11.3 Å². The lowest BCUT2D eigenvalue weighted by Crippen LogP contribution is -2.20. The highest BCUT2D eigenvalue weighted by molar-refractivity contribution is 7.92. The van der Waals surface area contributed by atoms with Crippen molar-refractivity contribution in [2.45, 2.75) is 11.1 Å². The van der Waals surface area contributed by atoms with Gasteiger partial charge in [0.05, 0.1) is 27.4 Å². The van der Waals surface area contributed by atoms with E-state index in [9.17, 15) is 31.2 Å². The minimum absolute atomic E-state index is 0.179. The van der Waals surface area contributed by atoms with E-state index in [4.69, 9.17) is 0 Å². The van der Waals surface area contributed by atoms with E-state index in [2.05, 4.69) is 20.3 Å². The molecule has 0 fully saturated rings. The molecule has 0 aliphatic carbocycles. The Kier molecular flexibility index (Phi) is 8.35. The third-order valence-corrected chi connectivity index (χ3v) is 7.63. The van der Waals surface area contributed by atoms with Crippen molar-refractivity contribution in [1.29, 1.82) is 0 Å². The summed E-state index contributed by atoms with van der Waals surface area (Å²) in [5.41, 5.74) is -0.133. The molecule has 1 aromatic heterocycles. The van der Waals surface area contributed by atoms with Gasteiger partial charge in [-0.15, -0.1) is 11.3 Å². The first kappa shape index (κ1) is 28.5. The van der Waals surface area contributed by atoms with Crippen LogP contribution in [0.5, 0.6) is 0 Å². The standard InChI is InChI=1S/C27H21F3N4O4S2/c1-31-24(35)14-9-17-7-11-20(12-8-17)40(37,38)34-22-15-19(27(28,29)30)10-13-21(22)25(36)33-26-32-23(16-39-26)18-5-3-2-4-6-18/h2-16,34H,1H3,(H,31,35)(H,32,33,36)/b14-9+. The zero-order chi connectivity index (χ0) is 28.9. The molecule has 13 heteroatoms. The quantitative estimate of drug-likeness (QED) is 0.231. The first-order chi connectivity index (χ1) is 19.0. The normalized spacial score (nSPS) is 11.8. The van der Waals surface area contributed by atoms with Gasteiger partial charge in [-0.3, -0.25) is 19.6 Å². The number of likely N-dealkylation sites (N-methyl/N-ethyl adjacent to an activating group) is 1. The molecule has 3 aromatic carbocycles. The minimum Gasteiger partial charge on any atom is -0.356 e. The Morgan fingerprint density at radius 3 is 2.33 bits per heavy atom. The molecule has 8 nitrogen and oxygen atoms in total. The molecule has 2 amide bonds. The summed E-state index contributed by atoms with van der Waals surface area (Å²) in [4.78, 5) is 28.5. The van der Waals surface area contributed by atoms with E-state index in [0.29, 0.717) is 23.4 Å². The van der Waals surface area contributed by atoms with Gasteiger partial charge in [0.15, 0.2) is 5.13 Å². The number of sulfonamides is 1. The van der Waals surface area contributed by atoms with E-state index in [-0.39, 0.29) is 21.5 Å². The van der Waals surface area contributed by atoms with Gasteiger partial charge in [-0.25, -0.2) is 13.4 Å². The predicted octanol–water partition coefficient (Wildman–Crippen LogP) is 5.64. The molecule has 0 aliphatic rings. The van der Waals surface area contributed by atoms with Gasteiger partial charge in [0.25, 0.3) is 15.9 Å². The Hall–Kier alpha value is -4.49. The lowest BCUT2D eigenvalue weighted by atomic mass is 10.1. The molecule has 206 valence electrons. The molecule has 0 atom stereocenters. The summed E-state index contributed by atoms with van der Waals surface area (Å²) >= 11 is 1.11. The van der Waals surface area contributed by atoms with Crippen molar-refractivity contribution in [3.05, 3.63) is 101 Å². The van der Waals surface area contributed by atoms with E-state index in [1.165, 1.54) is 43.5 Å². The van der Waals surface area contributed by atoms with Crippen LogP contribution in [0.25, 0.3) is 17.3 Å². The number of amides is 2. The summed E-state index contributed by atoms with van der Waals surface area (Å²) in [5.74, 6) is -1.21. The topological polar surface area (TPSA) is 117 Å². The van der Waals surface area contributed by atoms with E-state index in [1.807, 2.05) is 30.3 Å². The van der Waals surface area contributed by atoms with Gasteiger partial charge in [0.1, 0.15) is 0 Å². The number of thiazole rings is 1. The highest BCUT2D eigenvalue weighted by Crippen LogP contribution is 2.34. The molecular formula is C27H21F3N4O4S2. The molecule has 0 saturated heterocycles. The Morgan fingerprint density at radius 1 is 0.975 bits per heavy atom. The number of nitrogens with one attached hydrogen (secondary N) is 3. The molecule has 0 spiro atoms. The predicted molar refractivity (Wildman–Crippen MR) is 147 cm³/mol. The number of rotatable bonds is 8. The molecule has 3 N–H and O–H groups in total. The number of aromatic nitrogens is 1. The van der Waals surface area contributed by atoms with Crippen molar-refractivity contribution in [1.82, 2.24) is 10.3 Å². The molecule has 0 aliphatic heterocycles. The summed E-state index contributed by atoms with van der Waals surface area (Å²) in [6.45, 7) is 0. The fourth-order valence-electron chi connectivity index (χ4n) is 3.46. The second-order valence-electron chi connectivity index (χ2n) is 8.24. The number of nitrogens with zero attached hydrogens (tertiary/aromatic N) is 1. The summed E-state index contributed by atoms with van der Waals surface area (Å²) < 4.78 is 68.6. The fraction of sp³-hybridized carbons (Fsp3) is 0.0741. The van der Waals surface area contributed by atoms with Crippen LogP contribution in [0.2, 0.25) is 0 Å². The zero-order valence-corrected chi connectivity index (χ0v) is 22.3. The van der Waals surface area contributed by atoms with Gasteiger partial charge in [0, 0.05) is 24.1 Å². The van der Waals surface area contributed by atoms with Gasteiger partial charge in [-0.1, -0.05) is 42.5 Å². The summed E-state index contributed by atoms with van der Waals surface area (Å²) in [7, 11) is -2.95. The van der Waals surface area contributed by atoms with Crippen LogP contribution in [0.1, 0.15) is 21.5 Å². The van der Waals surface area contributed by atoms with Crippen molar-refractivity contribution in [2.24, 2.45) is 0 Å². The molecule has 0 radical (unpaired) electrons. The van der Waals surface area contributed by atoms with Crippen LogP contribution in [0.3, 0.4) is 0 Å². The largest absolute Gasteiger partial charge is 0.416 e. The Morgan fingerprint density at radius 2 is 1.68 bits per heavy atom. The van der Waals surface area contributed by atoms with Crippen LogP contribution in [0.4, 0.5) is 24.0 Å². The fourth-order valence-corrected chi connectivity index (χ4v) is 5.24. The van der Waals surface area contributed by atoms with Crippen LogP contribution in [-0.2, 0) is 21.0 Å². The van der Waals surface area contributed by atoms with Crippen LogP contribution in [0.15, 0.2) is 89.1 Å². The molecule has 1 heterocycles. The second kappa shape index (κ2) is 11.7. The smallest absolute Gasteiger partial charge is 0.356 e. The number of halogens is 3. The highest BCUT2D eigenvalue weighted by atomic mass is 32.2. The van der Waals surface area contributed by atoms with E-state index >= 15 is 0 Å². The zero-order valence-electron chi connectivity index (χ0n) is 20.7.